The van der Waals surface area contributed by atoms with Gasteiger partial charge in [-0.1, -0.05) is 13.3 Å². The fourth-order valence-corrected chi connectivity index (χ4v) is 1.87. The van der Waals surface area contributed by atoms with Gasteiger partial charge in [0.15, 0.2) is 5.12 Å². The Kier molecular flexibility index (Phi) is 5.60. The first kappa shape index (κ1) is 11.0. The Bertz CT molecular complexity index is 125. The minimum Gasteiger partial charge on any atom is -0.310 e. The molecule has 0 amide bonds. The molecule has 0 saturated carbocycles. The number of carbonyl (C=O) groups excluding carboxylic acids is 1. The quantitative estimate of drug-likeness (QED) is 0.631. The molecule has 11 heavy (non-hydrogen) atoms. The topological polar surface area (TPSA) is 29.1 Å². The summed E-state index contributed by atoms with van der Waals surface area (Å²) >= 11 is 0. The molecular formula is C8H19NOS. The first-order valence-electron chi connectivity index (χ1n) is 4.01. The van der Waals surface area contributed by atoms with Gasteiger partial charge in [-0.15, -0.1) is 0 Å². The second kappa shape index (κ2) is 5.61. The van der Waals surface area contributed by atoms with Crippen LogP contribution in [0.15, 0.2) is 0 Å². The van der Waals surface area contributed by atoms with Crippen LogP contribution >= 0.6 is 10.9 Å². The van der Waals surface area contributed by atoms with E-state index in [1.54, 1.807) is 0 Å². The van der Waals surface area contributed by atoms with Crippen molar-refractivity contribution in [3.8, 4) is 0 Å². The van der Waals surface area contributed by atoms with E-state index in [9.17, 15) is 4.79 Å². The van der Waals surface area contributed by atoms with Gasteiger partial charge in [0, 0.05) is 0 Å². The molecule has 0 unspecified atom stereocenters. The van der Waals surface area contributed by atoms with E-state index in [1.165, 1.54) is 0 Å². The van der Waals surface area contributed by atoms with Crippen LogP contribution in [0.4, 0.5) is 0 Å². The zero-order chi connectivity index (χ0) is 8.85. The highest BCUT2D eigenvalue weighted by Crippen LogP contribution is 2.18. The molecule has 0 aliphatic heterocycles. The van der Waals surface area contributed by atoms with Crippen LogP contribution in [0.2, 0.25) is 0 Å². The molecular weight excluding hydrogens is 158 g/mol. The van der Waals surface area contributed by atoms with E-state index in [1.807, 2.05) is 19.6 Å². The van der Waals surface area contributed by atoms with Gasteiger partial charge in [0.05, 0.1) is 6.04 Å². The van der Waals surface area contributed by atoms with Gasteiger partial charge in [-0.05, 0) is 26.0 Å². The van der Waals surface area contributed by atoms with E-state index in [2.05, 4.69) is 12.2 Å². The summed E-state index contributed by atoms with van der Waals surface area (Å²) in [6, 6.07) is 0.0983. The van der Waals surface area contributed by atoms with E-state index < -0.39 is 10.9 Å². The van der Waals surface area contributed by atoms with Crippen molar-refractivity contribution >= 4 is 16.0 Å². The van der Waals surface area contributed by atoms with Gasteiger partial charge in [0.2, 0.25) is 0 Å². The molecule has 1 N–H and O–H groups in total. The lowest BCUT2D eigenvalue weighted by molar-refractivity contribution is -0.112. The molecule has 0 radical (unpaired) electrons. The number of likely N-dealkylation sites (N-methyl/N-ethyl adjacent to an activating group) is 1. The Morgan fingerprint density at radius 2 is 2.09 bits per heavy atom. The highest BCUT2D eigenvalue weighted by atomic mass is 32.2. The van der Waals surface area contributed by atoms with Crippen LogP contribution < -0.4 is 5.32 Å². The van der Waals surface area contributed by atoms with Gasteiger partial charge in [0.1, 0.15) is 0 Å². The second-order valence-electron chi connectivity index (χ2n) is 2.86. The molecule has 3 heteroatoms. The summed E-state index contributed by atoms with van der Waals surface area (Å²) in [5, 5.41) is 3.44. The fourth-order valence-electron chi connectivity index (χ4n) is 0.992. The summed E-state index contributed by atoms with van der Waals surface area (Å²) in [5.74, 6) is 0. The Hall–Kier alpha value is -0.0200. The molecule has 0 aromatic heterocycles. The maximum Gasteiger partial charge on any atom is 0.185 e. The third kappa shape index (κ3) is 3.77. The van der Waals surface area contributed by atoms with Crippen molar-refractivity contribution in [1.82, 2.24) is 5.32 Å². The predicted molar refractivity (Wildman–Crippen MR) is 53.6 cm³/mol. The first-order chi connectivity index (χ1) is 5.13. The van der Waals surface area contributed by atoms with Crippen molar-refractivity contribution in [2.24, 2.45) is 0 Å². The minimum absolute atomic E-state index is 0.0983. The number of hydrogen-bond donors (Lipinski definition) is 2. The first-order valence-corrected chi connectivity index (χ1v) is 6.25. The molecule has 1 atom stereocenters. The van der Waals surface area contributed by atoms with E-state index >= 15 is 0 Å². The fraction of sp³-hybridized carbons (Fsp3) is 0.875. The monoisotopic (exact) mass is 177 g/mol. The average molecular weight is 177 g/mol. The Labute approximate surface area is 72.1 Å². The molecule has 0 spiro atoms. The number of nitrogens with one attached hydrogen (secondary N) is 1. The molecule has 0 rings (SSSR count). The third-order valence-corrected chi connectivity index (χ3v) is 2.86. The van der Waals surface area contributed by atoms with Crippen molar-refractivity contribution in [3.05, 3.63) is 0 Å². The number of rotatable bonds is 4. The van der Waals surface area contributed by atoms with Crippen molar-refractivity contribution in [2.75, 3.05) is 19.6 Å². The molecule has 2 nitrogen and oxygen atoms in total. The van der Waals surface area contributed by atoms with Crippen LogP contribution in [0.1, 0.15) is 19.8 Å². The van der Waals surface area contributed by atoms with Crippen LogP contribution in [0.5, 0.6) is 0 Å². The molecule has 0 saturated heterocycles. The van der Waals surface area contributed by atoms with E-state index in [0.29, 0.717) is 5.12 Å². The lowest BCUT2D eigenvalue weighted by Crippen LogP contribution is -2.33. The Balaban J connectivity index is 3.92. The van der Waals surface area contributed by atoms with Crippen molar-refractivity contribution in [2.45, 2.75) is 25.8 Å². The molecule has 0 aliphatic rings. The predicted octanol–water partition coefficient (Wildman–Crippen LogP) is 1.16. The van der Waals surface area contributed by atoms with E-state index in [-0.39, 0.29) is 6.04 Å². The highest BCUT2D eigenvalue weighted by molar-refractivity contribution is 8.28. The van der Waals surface area contributed by atoms with Gasteiger partial charge in [0.25, 0.3) is 0 Å². The summed E-state index contributed by atoms with van der Waals surface area (Å²) < 4.78 is 0. The lowest BCUT2D eigenvalue weighted by Gasteiger charge is -2.17. The summed E-state index contributed by atoms with van der Waals surface area (Å²) in [6.45, 7) is 2.10. The number of thiol groups is 1. The average Bonchev–Trinajstić information content (AvgIpc) is 1.98. The van der Waals surface area contributed by atoms with Gasteiger partial charge >= 0.3 is 0 Å². The van der Waals surface area contributed by atoms with Crippen molar-refractivity contribution < 1.29 is 4.79 Å². The molecule has 0 aromatic rings. The molecule has 0 aliphatic carbocycles. The number of hydrogen-bond acceptors (Lipinski definition) is 2. The zero-order valence-electron chi connectivity index (χ0n) is 7.85. The summed E-state index contributed by atoms with van der Waals surface area (Å²) in [5.41, 5.74) is 0. The van der Waals surface area contributed by atoms with Crippen LogP contribution in [0.25, 0.3) is 0 Å². The summed E-state index contributed by atoms with van der Waals surface area (Å²) in [7, 11) is 1.44. The minimum atomic E-state index is -0.420. The van der Waals surface area contributed by atoms with Crippen molar-refractivity contribution in [3.63, 3.8) is 0 Å². The van der Waals surface area contributed by atoms with Crippen molar-refractivity contribution in [1.29, 1.82) is 0 Å². The maximum atomic E-state index is 11.4. The Morgan fingerprint density at radius 3 is 2.36 bits per heavy atom. The standard InChI is InChI=1S/C8H19NOS/c1-5-6-7(9-2)8(10)11(3)4/h7,9,11H,5-6H2,1-4H3/t7-/m1/s1. The number of carbonyl (C=O) groups is 1. The molecule has 0 bridgehead atoms. The molecule has 0 heterocycles. The largest absolute Gasteiger partial charge is 0.310 e. The van der Waals surface area contributed by atoms with Crippen LogP contribution in [-0.4, -0.2) is 30.7 Å². The maximum absolute atomic E-state index is 11.4. The highest BCUT2D eigenvalue weighted by Gasteiger charge is 2.15. The smallest absolute Gasteiger partial charge is 0.185 e. The molecule has 68 valence electrons. The summed E-state index contributed by atoms with van der Waals surface area (Å²) in [4.78, 5) is 11.4. The lowest BCUT2D eigenvalue weighted by atomic mass is 10.2. The van der Waals surface area contributed by atoms with Gasteiger partial charge in [-0.3, -0.25) is 4.79 Å². The van der Waals surface area contributed by atoms with E-state index in [0.717, 1.165) is 12.8 Å². The molecule has 0 aromatic carbocycles. The van der Waals surface area contributed by atoms with E-state index in [4.69, 9.17) is 0 Å². The van der Waals surface area contributed by atoms with Gasteiger partial charge < -0.3 is 5.32 Å². The Morgan fingerprint density at radius 1 is 1.55 bits per heavy atom. The van der Waals surface area contributed by atoms with Crippen LogP contribution in [0.3, 0.4) is 0 Å². The normalized spacial score (nSPS) is 14.4. The SMILES string of the molecule is CCC[C@@H](NC)C(=O)[SH](C)C. The van der Waals surface area contributed by atoms with Gasteiger partial charge in [-0.25, -0.2) is 0 Å². The zero-order valence-corrected chi connectivity index (χ0v) is 8.74. The second-order valence-corrected chi connectivity index (χ2v) is 5.09. The van der Waals surface area contributed by atoms with Crippen LogP contribution in [-0.2, 0) is 4.79 Å². The molecule has 0 fully saturated rings. The van der Waals surface area contributed by atoms with Gasteiger partial charge in [-0.2, -0.15) is 10.9 Å². The van der Waals surface area contributed by atoms with Crippen LogP contribution in [0, 0.1) is 0 Å². The summed E-state index contributed by atoms with van der Waals surface area (Å²) in [6.07, 6.45) is 6.06. The third-order valence-electron chi connectivity index (χ3n) is 1.66.